The first-order valence-electron chi connectivity index (χ1n) is 11.0. The summed E-state index contributed by atoms with van der Waals surface area (Å²) in [6.45, 7) is -0.575. The summed E-state index contributed by atoms with van der Waals surface area (Å²) in [6.07, 6.45) is 15.1. The predicted molar refractivity (Wildman–Crippen MR) is 120 cm³/mol. The minimum atomic E-state index is -1.47. The molecule has 9 heteroatoms. The second-order valence-corrected chi connectivity index (χ2v) is 8.25. The number of amides is 1. The van der Waals surface area contributed by atoms with E-state index in [9.17, 15) is 24.9 Å². The first-order valence-corrected chi connectivity index (χ1v) is 11.0. The van der Waals surface area contributed by atoms with E-state index < -0.39 is 43.0 Å². The number of aliphatic hydroxyl groups is 3. The van der Waals surface area contributed by atoms with Gasteiger partial charge in [-0.05, 0) is 43.6 Å². The molecular weight excluding hydrogens is 414 g/mol. The summed E-state index contributed by atoms with van der Waals surface area (Å²) in [6, 6.07) is -2.09. The van der Waals surface area contributed by atoms with E-state index in [2.05, 4.69) is 47.1 Å². The van der Waals surface area contributed by atoms with Crippen molar-refractivity contribution in [2.24, 2.45) is 17.6 Å². The Morgan fingerprint density at radius 1 is 1.16 bits per heavy atom. The molecule has 6 unspecified atom stereocenters. The lowest BCUT2D eigenvalue weighted by molar-refractivity contribution is -0.137. The van der Waals surface area contributed by atoms with Crippen LogP contribution in [0.2, 0.25) is 0 Å². The zero-order valence-electron chi connectivity index (χ0n) is 18.1. The van der Waals surface area contributed by atoms with Crippen LogP contribution in [0, 0.1) is 11.8 Å². The fourth-order valence-corrected chi connectivity index (χ4v) is 3.77. The summed E-state index contributed by atoms with van der Waals surface area (Å²) in [7, 11) is 0. The third-order valence-corrected chi connectivity index (χ3v) is 5.73. The number of nitrogens with one attached hydrogen (secondary N) is 2. The van der Waals surface area contributed by atoms with Crippen LogP contribution in [0.1, 0.15) is 38.5 Å². The van der Waals surface area contributed by atoms with Crippen LogP contribution in [0.25, 0.3) is 0 Å². The molecule has 8 N–H and O–H groups in total. The molecule has 32 heavy (non-hydrogen) atoms. The van der Waals surface area contributed by atoms with Crippen molar-refractivity contribution >= 4 is 11.9 Å². The lowest BCUT2D eigenvalue weighted by Gasteiger charge is -2.26. The number of allylic oxidation sites excluding steroid dienone is 8. The fourth-order valence-electron chi connectivity index (χ4n) is 3.77. The van der Waals surface area contributed by atoms with Gasteiger partial charge in [-0.15, -0.1) is 0 Å². The van der Waals surface area contributed by atoms with Crippen LogP contribution in [0.15, 0.2) is 48.1 Å². The quantitative estimate of drug-likeness (QED) is 0.197. The molecule has 0 aromatic rings. The van der Waals surface area contributed by atoms with Gasteiger partial charge in [0.15, 0.2) is 0 Å². The Balaban J connectivity index is 1.83. The highest BCUT2D eigenvalue weighted by atomic mass is 16.4. The Morgan fingerprint density at radius 2 is 1.94 bits per heavy atom. The number of hydrogen-bond acceptors (Lipinski definition) is 7. The Hall–Kier alpha value is -2.30. The Morgan fingerprint density at radius 3 is 2.50 bits per heavy atom. The van der Waals surface area contributed by atoms with E-state index in [1.807, 2.05) is 6.08 Å². The van der Waals surface area contributed by atoms with Gasteiger partial charge in [0.2, 0.25) is 5.91 Å². The zero-order valence-corrected chi connectivity index (χ0v) is 18.1. The van der Waals surface area contributed by atoms with E-state index in [-0.39, 0.29) is 18.8 Å². The van der Waals surface area contributed by atoms with Crippen LogP contribution in [0.5, 0.6) is 0 Å². The van der Waals surface area contributed by atoms with Crippen LogP contribution in [0.3, 0.4) is 0 Å². The summed E-state index contributed by atoms with van der Waals surface area (Å²) in [4.78, 5) is 23.4. The van der Waals surface area contributed by atoms with Gasteiger partial charge in [0, 0.05) is 12.3 Å². The standard InChI is InChI=1S/C23H35N3O6/c24-22(31)19(14-27)26-23(32)18(11-13-21(29)30)25-20(28)12-8-15-6-9-17(10-7-15)16-4-2-1-3-5-16/h1-4,6,9-10,15-16,18-20,22,25,27-28,31H,5,7-8,11-14,24H2,(H,26,32)(H,29,30). The lowest BCUT2D eigenvalue weighted by atomic mass is 9.85. The molecule has 9 nitrogen and oxygen atoms in total. The summed E-state index contributed by atoms with van der Waals surface area (Å²) in [5.74, 6) is -1.04. The summed E-state index contributed by atoms with van der Waals surface area (Å²) < 4.78 is 0. The minimum Gasteiger partial charge on any atom is -0.481 e. The predicted octanol–water partition coefficient (Wildman–Crippen LogP) is 0.297. The molecule has 2 aliphatic carbocycles. The summed E-state index contributed by atoms with van der Waals surface area (Å²) in [5.41, 5.74) is 6.60. The van der Waals surface area contributed by atoms with Crippen molar-refractivity contribution in [3.8, 4) is 0 Å². The van der Waals surface area contributed by atoms with Crippen LogP contribution < -0.4 is 16.4 Å². The third kappa shape index (κ3) is 8.68. The maximum Gasteiger partial charge on any atom is 0.303 e. The number of rotatable bonds is 13. The molecule has 0 aromatic heterocycles. The maximum atomic E-state index is 12.5. The van der Waals surface area contributed by atoms with Gasteiger partial charge in [0.05, 0.1) is 18.7 Å². The van der Waals surface area contributed by atoms with Crippen LogP contribution in [0.4, 0.5) is 0 Å². The zero-order chi connectivity index (χ0) is 23.5. The van der Waals surface area contributed by atoms with Gasteiger partial charge in [-0.2, -0.15) is 0 Å². The molecule has 0 spiro atoms. The molecule has 0 aliphatic heterocycles. The number of carbonyl (C=O) groups excluding carboxylic acids is 1. The van der Waals surface area contributed by atoms with Crippen molar-refractivity contribution in [1.29, 1.82) is 0 Å². The number of carboxylic acid groups (broad SMARTS) is 1. The van der Waals surface area contributed by atoms with Gasteiger partial charge in [-0.1, -0.05) is 42.5 Å². The fraction of sp³-hybridized carbons (Fsp3) is 0.565. The van der Waals surface area contributed by atoms with Crippen molar-refractivity contribution in [3.05, 3.63) is 48.1 Å². The molecule has 6 atom stereocenters. The molecule has 0 bridgehead atoms. The van der Waals surface area contributed by atoms with Gasteiger partial charge in [0.1, 0.15) is 12.5 Å². The van der Waals surface area contributed by atoms with Crippen molar-refractivity contribution in [2.75, 3.05) is 6.61 Å². The molecule has 178 valence electrons. The normalized spacial score (nSPS) is 23.8. The van der Waals surface area contributed by atoms with Gasteiger partial charge < -0.3 is 31.5 Å². The van der Waals surface area contributed by atoms with E-state index in [1.54, 1.807) is 0 Å². The Labute approximate surface area is 188 Å². The van der Waals surface area contributed by atoms with Gasteiger partial charge in [-0.25, -0.2) is 0 Å². The van der Waals surface area contributed by atoms with Crippen molar-refractivity contribution in [2.45, 2.75) is 63.1 Å². The molecule has 2 aliphatic rings. The lowest BCUT2D eigenvalue weighted by Crippen LogP contribution is -2.56. The molecule has 0 saturated heterocycles. The minimum absolute atomic E-state index is 0.0597. The van der Waals surface area contributed by atoms with Crippen LogP contribution in [-0.4, -0.2) is 63.4 Å². The van der Waals surface area contributed by atoms with E-state index >= 15 is 0 Å². The largest absolute Gasteiger partial charge is 0.481 e. The molecule has 1 amide bonds. The highest BCUT2D eigenvalue weighted by Gasteiger charge is 2.26. The summed E-state index contributed by atoms with van der Waals surface area (Å²) >= 11 is 0. The number of nitrogens with two attached hydrogens (primary N) is 1. The van der Waals surface area contributed by atoms with Crippen LogP contribution >= 0.6 is 0 Å². The number of aliphatic hydroxyl groups excluding tert-OH is 3. The molecule has 0 heterocycles. The first kappa shape index (κ1) is 26.0. The summed E-state index contributed by atoms with van der Waals surface area (Å²) in [5, 5.41) is 43.1. The topological polar surface area (TPSA) is 165 Å². The molecule has 2 rings (SSSR count). The molecule has 0 aromatic carbocycles. The molecular formula is C23H35N3O6. The molecule has 0 fully saturated rings. The van der Waals surface area contributed by atoms with Crippen molar-refractivity contribution in [3.63, 3.8) is 0 Å². The van der Waals surface area contributed by atoms with E-state index in [4.69, 9.17) is 10.8 Å². The van der Waals surface area contributed by atoms with Crippen LogP contribution in [-0.2, 0) is 9.59 Å². The number of carboxylic acids is 1. The third-order valence-electron chi connectivity index (χ3n) is 5.73. The highest BCUT2D eigenvalue weighted by molar-refractivity contribution is 5.82. The van der Waals surface area contributed by atoms with Crippen molar-refractivity contribution < 1.29 is 30.0 Å². The Kier molecular flexibility index (Phi) is 10.8. The molecule has 0 saturated carbocycles. The number of hydrogen-bond donors (Lipinski definition) is 7. The van der Waals surface area contributed by atoms with Gasteiger partial charge in [0.25, 0.3) is 0 Å². The number of carbonyl (C=O) groups is 2. The highest BCUT2D eigenvalue weighted by Crippen LogP contribution is 2.29. The first-order chi connectivity index (χ1) is 15.3. The number of aliphatic carboxylic acids is 1. The molecule has 0 radical (unpaired) electrons. The average Bonchev–Trinajstić information content (AvgIpc) is 2.79. The van der Waals surface area contributed by atoms with E-state index in [0.29, 0.717) is 18.8 Å². The monoisotopic (exact) mass is 449 g/mol. The van der Waals surface area contributed by atoms with E-state index in [1.165, 1.54) is 5.57 Å². The van der Waals surface area contributed by atoms with Gasteiger partial charge in [-0.3, -0.25) is 14.9 Å². The Bertz CT molecular complexity index is 746. The van der Waals surface area contributed by atoms with E-state index in [0.717, 1.165) is 12.8 Å². The maximum absolute atomic E-state index is 12.5. The average molecular weight is 450 g/mol. The SMILES string of the molecule is NC(O)C(CO)NC(=O)C(CCC(=O)O)NC(O)CCC1C=CC(C2C=CC=CC2)=CC1. The van der Waals surface area contributed by atoms with Crippen molar-refractivity contribution in [1.82, 2.24) is 10.6 Å². The second kappa shape index (κ2) is 13.3. The second-order valence-electron chi connectivity index (χ2n) is 8.25. The smallest absolute Gasteiger partial charge is 0.303 e. The van der Waals surface area contributed by atoms with Gasteiger partial charge >= 0.3 is 5.97 Å².